The molecule has 39 heavy (non-hydrogen) atoms. The first-order chi connectivity index (χ1) is 18.4. The Labute approximate surface area is 224 Å². The van der Waals surface area contributed by atoms with Gasteiger partial charge in [0, 0.05) is 31.0 Å². The Morgan fingerprint density at radius 3 is 2.44 bits per heavy atom. The van der Waals surface area contributed by atoms with Crippen LogP contribution in [0, 0.1) is 12.8 Å². The Hall–Kier alpha value is -2.97. The summed E-state index contributed by atoms with van der Waals surface area (Å²) in [6.45, 7) is 3.88. The van der Waals surface area contributed by atoms with Gasteiger partial charge in [-0.3, -0.25) is 4.40 Å². The molecule has 6 rings (SSSR count). The molecular formula is C25H28F2N6O4S2. The molecule has 10 nitrogen and oxygen atoms in total. The van der Waals surface area contributed by atoms with Crippen LogP contribution in [0.15, 0.2) is 47.6 Å². The molecule has 3 aromatic heterocycles. The molecule has 0 saturated heterocycles. The standard InChI is InChI=1S/C25H28F2N6O4S2/c1-3-16-10-17(31-38(34,35)19-12-25(26,27)13-19)11-20(16)23-30-29-22-14-28-24-21(33(22)23)8-9-32(24)39(36,37)18-6-4-15(2)5-7-18/h4-9,14,16-17,19-20,31H,3,10-13H2,1-2H3/t16-,17+,20+/m1/s1. The van der Waals surface area contributed by atoms with Crippen molar-refractivity contribution in [1.29, 1.82) is 0 Å². The van der Waals surface area contributed by atoms with E-state index in [1.807, 2.05) is 13.8 Å². The second kappa shape index (κ2) is 9.03. The first-order valence-corrected chi connectivity index (χ1v) is 15.8. The molecule has 1 aromatic carbocycles. The summed E-state index contributed by atoms with van der Waals surface area (Å²) in [6.07, 6.45) is 3.32. The molecule has 1 N–H and O–H groups in total. The molecule has 2 saturated carbocycles. The van der Waals surface area contributed by atoms with E-state index in [2.05, 4.69) is 19.9 Å². The Balaban J connectivity index is 1.34. The Morgan fingerprint density at radius 2 is 1.77 bits per heavy atom. The predicted molar refractivity (Wildman–Crippen MR) is 140 cm³/mol. The van der Waals surface area contributed by atoms with Crippen LogP contribution in [-0.4, -0.2) is 57.6 Å². The minimum absolute atomic E-state index is 0.0644. The maximum Gasteiger partial charge on any atom is 0.269 e. The smallest absolute Gasteiger partial charge is 0.269 e. The second-order valence-electron chi connectivity index (χ2n) is 10.6. The number of nitrogens with zero attached hydrogens (tertiary/aromatic N) is 5. The zero-order valence-corrected chi connectivity index (χ0v) is 23.0. The number of rotatable bonds is 7. The molecule has 2 aliphatic carbocycles. The number of hydrogen-bond donors (Lipinski definition) is 1. The number of aromatic nitrogens is 5. The van der Waals surface area contributed by atoms with E-state index in [0.717, 1.165) is 16.0 Å². The molecule has 3 atom stereocenters. The second-order valence-corrected chi connectivity index (χ2v) is 14.4. The minimum Gasteiger partial charge on any atom is -0.274 e. The summed E-state index contributed by atoms with van der Waals surface area (Å²) in [4.78, 5) is 4.51. The van der Waals surface area contributed by atoms with Crippen LogP contribution in [-0.2, 0) is 20.0 Å². The van der Waals surface area contributed by atoms with E-state index < -0.39 is 50.1 Å². The minimum atomic E-state index is -3.91. The van der Waals surface area contributed by atoms with Gasteiger partial charge in [-0.2, -0.15) is 0 Å². The molecule has 0 aliphatic heterocycles. The molecule has 0 amide bonds. The number of halogens is 2. The van der Waals surface area contributed by atoms with Crippen LogP contribution in [0.3, 0.4) is 0 Å². The molecule has 208 valence electrons. The number of aryl methyl sites for hydroxylation is 1. The fourth-order valence-electron chi connectivity index (χ4n) is 5.85. The number of sulfonamides is 1. The molecule has 2 aliphatic rings. The summed E-state index contributed by atoms with van der Waals surface area (Å²) in [5, 5.41) is 7.59. The summed E-state index contributed by atoms with van der Waals surface area (Å²) >= 11 is 0. The van der Waals surface area contributed by atoms with Crippen molar-refractivity contribution in [3.63, 3.8) is 0 Å². The van der Waals surface area contributed by atoms with Crippen LogP contribution in [0.1, 0.15) is 56.3 Å². The molecule has 4 aromatic rings. The fraction of sp³-hybridized carbons (Fsp3) is 0.480. The van der Waals surface area contributed by atoms with Crippen LogP contribution in [0.2, 0.25) is 0 Å². The van der Waals surface area contributed by atoms with E-state index in [9.17, 15) is 25.6 Å². The molecule has 2 fully saturated rings. The lowest BCUT2D eigenvalue weighted by Crippen LogP contribution is -2.50. The van der Waals surface area contributed by atoms with Crippen LogP contribution in [0.4, 0.5) is 8.78 Å². The van der Waals surface area contributed by atoms with E-state index in [1.54, 1.807) is 34.7 Å². The number of alkyl halides is 2. The van der Waals surface area contributed by atoms with Crippen molar-refractivity contribution in [1.82, 2.24) is 28.3 Å². The Bertz CT molecular complexity index is 1780. The van der Waals surface area contributed by atoms with Crippen LogP contribution >= 0.6 is 0 Å². The van der Waals surface area contributed by atoms with Gasteiger partial charge < -0.3 is 0 Å². The van der Waals surface area contributed by atoms with E-state index in [-0.39, 0.29) is 22.4 Å². The highest BCUT2D eigenvalue weighted by Gasteiger charge is 2.52. The quantitative estimate of drug-likeness (QED) is 0.355. The third-order valence-electron chi connectivity index (χ3n) is 8.01. The molecule has 0 unspecified atom stereocenters. The summed E-state index contributed by atoms with van der Waals surface area (Å²) < 4.78 is 84.4. The van der Waals surface area contributed by atoms with Crippen molar-refractivity contribution < 1.29 is 25.6 Å². The van der Waals surface area contributed by atoms with Crippen LogP contribution < -0.4 is 4.72 Å². The average Bonchev–Trinajstić information content (AvgIpc) is 3.58. The molecular weight excluding hydrogens is 550 g/mol. The van der Waals surface area contributed by atoms with Gasteiger partial charge in [0.1, 0.15) is 5.82 Å². The highest BCUT2D eigenvalue weighted by molar-refractivity contribution is 7.90. The van der Waals surface area contributed by atoms with E-state index in [4.69, 9.17) is 0 Å². The van der Waals surface area contributed by atoms with Crippen LogP contribution in [0.5, 0.6) is 0 Å². The zero-order chi connectivity index (χ0) is 27.7. The normalized spacial score (nSPS) is 23.9. The molecule has 3 heterocycles. The third kappa shape index (κ3) is 4.42. The van der Waals surface area contributed by atoms with Crippen molar-refractivity contribution in [3.05, 3.63) is 54.1 Å². The predicted octanol–water partition coefficient (Wildman–Crippen LogP) is 3.61. The SMILES string of the molecule is CC[C@@H]1C[C@H](NS(=O)(=O)C2CC(F)(F)C2)C[C@@H]1c1nnc2cnc3c(ccn3S(=O)(=O)c3ccc(C)cc3)n12. The van der Waals surface area contributed by atoms with Gasteiger partial charge in [0.25, 0.3) is 15.9 Å². The van der Waals surface area contributed by atoms with E-state index in [1.165, 1.54) is 12.4 Å². The van der Waals surface area contributed by atoms with Gasteiger partial charge in [0.05, 0.1) is 21.9 Å². The van der Waals surface area contributed by atoms with Gasteiger partial charge in [-0.15, -0.1) is 10.2 Å². The van der Waals surface area contributed by atoms with Gasteiger partial charge in [-0.05, 0) is 43.9 Å². The van der Waals surface area contributed by atoms with Crippen molar-refractivity contribution in [2.75, 3.05) is 0 Å². The molecule has 0 radical (unpaired) electrons. The molecule has 0 spiro atoms. The Kier molecular flexibility index (Phi) is 6.08. The number of nitrogens with one attached hydrogen (secondary N) is 1. The maximum atomic E-state index is 13.4. The van der Waals surface area contributed by atoms with Gasteiger partial charge in [-0.25, -0.2) is 39.3 Å². The van der Waals surface area contributed by atoms with Crippen molar-refractivity contribution in [3.8, 4) is 0 Å². The van der Waals surface area contributed by atoms with Gasteiger partial charge >= 0.3 is 0 Å². The summed E-state index contributed by atoms with van der Waals surface area (Å²) in [5.41, 5.74) is 2.12. The highest BCUT2D eigenvalue weighted by atomic mass is 32.2. The third-order valence-corrected chi connectivity index (χ3v) is 11.6. The van der Waals surface area contributed by atoms with Crippen LogP contribution in [0.25, 0.3) is 16.8 Å². The van der Waals surface area contributed by atoms with Gasteiger partial charge in [0.15, 0.2) is 11.3 Å². The molecule has 14 heteroatoms. The van der Waals surface area contributed by atoms with Crippen molar-refractivity contribution >= 4 is 36.9 Å². The first-order valence-electron chi connectivity index (χ1n) is 12.8. The Morgan fingerprint density at radius 1 is 1.05 bits per heavy atom. The molecule has 0 bridgehead atoms. The number of benzene rings is 1. The topological polar surface area (TPSA) is 128 Å². The van der Waals surface area contributed by atoms with Gasteiger partial charge in [0.2, 0.25) is 10.0 Å². The van der Waals surface area contributed by atoms with E-state index in [0.29, 0.717) is 29.8 Å². The van der Waals surface area contributed by atoms with Gasteiger partial charge in [-0.1, -0.05) is 31.0 Å². The first kappa shape index (κ1) is 26.3. The fourth-order valence-corrected chi connectivity index (χ4v) is 8.93. The lowest BCUT2D eigenvalue weighted by molar-refractivity contribution is -0.0688. The highest BCUT2D eigenvalue weighted by Crippen LogP contribution is 2.44. The maximum absolute atomic E-state index is 13.4. The lowest BCUT2D eigenvalue weighted by Gasteiger charge is -2.34. The van der Waals surface area contributed by atoms with Crippen molar-refractivity contribution in [2.45, 2.75) is 74.0 Å². The largest absolute Gasteiger partial charge is 0.274 e. The lowest BCUT2D eigenvalue weighted by atomic mass is 9.93. The van der Waals surface area contributed by atoms with E-state index >= 15 is 0 Å². The zero-order valence-electron chi connectivity index (χ0n) is 21.3. The monoisotopic (exact) mass is 578 g/mol. The summed E-state index contributed by atoms with van der Waals surface area (Å²) in [7, 11) is -7.78. The summed E-state index contributed by atoms with van der Waals surface area (Å²) in [5.74, 6) is -2.45. The summed E-state index contributed by atoms with van der Waals surface area (Å²) in [6, 6.07) is 7.80. The average molecular weight is 579 g/mol. The number of hydrogen-bond acceptors (Lipinski definition) is 7. The van der Waals surface area contributed by atoms with Crippen molar-refractivity contribution in [2.24, 2.45) is 5.92 Å². The number of fused-ring (bicyclic) bond motifs is 3.